The Labute approximate surface area is 142 Å². The Morgan fingerprint density at radius 3 is 2.61 bits per heavy atom. The van der Waals surface area contributed by atoms with Gasteiger partial charge in [-0.25, -0.2) is 0 Å². The molecule has 0 spiro atoms. The molecule has 1 aromatic heterocycles. The molecular weight excluding hydrogens is 302 g/mol. The van der Waals surface area contributed by atoms with Crippen molar-refractivity contribution >= 4 is 16.9 Å². The summed E-state index contributed by atoms with van der Waals surface area (Å²) in [7, 11) is 2.20. The number of fused-ring (bicyclic) bond motifs is 2. The highest BCUT2D eigenvalue weighted by atomic mass is 32.1. The van der Waals surface area contributed by atoms with Crippen LogP contribution in [0.1, 0.15) is 53.4 Å². The van der Waals surface area contributed by atoms with Gasteiger partial charge < -0.3 is 10.0 Å². The molecule has 120 valence electrons. The third-order valence-electron chi connectivity index (χ3n) is 5.37. The van der Waals surface area contributed by atoms with Gasteiger partial charge in [0.2, 0.25) is 0 Å². The number of aliphatic hydroxyl groups is 1. The predicted molar refractivity (Wildman–Crippen MR) is 96.9 cm³/mol. The van der Waals surface area contributed by atoms with E-state index in [4.69, 9.17) is 0 Å². The zero-order chi connectivity index (χ0) is 16.0. The quantitative estimate of drug-likeness (QED) is 0.775. The molecule has 2 unspecified atom stereocenters. The molecule has 2 aliphatic rings. The fraction of sp³-hybridized carbons (Fsp3) is 0.400. The molecule has 0 saturated carbocycles. The zero-order valence-corrected chi connectivity index (χ0v) is 14.6. The number of aliphatic hydroxyl groups excluding tert-OH is 1. The molecule has 1 fully saturated rings. The van der Waals surface area contributed by atoms with E-state index in [1.165, 1.54) is 22.3 Å². The van der Waals surface area contributed by atoms with Gasteiger partial charge in [-0.3, -0.25) is 0 Å². The minimum Gasteiger partial charge on any atom is -0.387 e. The monoisotopic (exact) mass is 325 g/mol. The Kier molecular flexibility index (Phi) is 3.88. The minimum atomic E-state index is -0.407. The molecule has 4 rings (SSSR count). The summed E-state index contributed by atoms with van der Waals surface area (Å²) >= 11 is 1.69. The first-order valence-corrected chi connectivity index (χ1v) is 9.30. The molecule has 2 heterocycles. The summed E-state index contributed by atoms with van der Waals surface area (Å²) in [6, 6.07) is 10.9. The average Bonchev–Trinajstić information content (AvgIpc) is 3.02. The highest BCUT2D eigenvalue weighted by Crippen LogP contribution is 2.47. The number of piperidine rings is 1. The second-order valence-corrected chi connectivity index (χ2v) is 7.75. The van der Waals surface area contributed by atoms with Crippen LogP contribution in [0.15, 0.2) is 41.3 Å². The van der Waals surface area contributed by atoms with Crippen LogP contribution in [0, 0.1) is 0 Å². The first-order valence-electron chi connectivity index (χ1n) is 8.42. The largest absolute Gasteiger partial charge is 0.387 e. The van der Waals surface area contributed by atoms with Crippen LogP contribution in [0.3, 0.4) is 0 Å². The fourth-order valence-corrected chi connectivity index (χ4v) is 4.93. The first-order chi connectivity index (χ1) is 11.2. The highest BCUT2D eigenvalue weighted by Gasteiger charge is 2.31. The van der Waals surface area contributed by atoms with Crippen molar-refractivity contribution in [3.05, 3.63) is 62.9 Å². The fourth-order valence-electron chi connectivity index (χ4n) is 3.94. The van der Waals surface area contributed by atoms with E-state index < -0.39 is 6.10 Å². The summed E-state index contributed by atoms with van der Waals surface area (Å²) < 4.78 is 0. The Balaban J connectivity index is 1.97. The van der Waals surface area contributed by atoms with Gasteiger partial charge in [0.25, 0.3) is 0 Å². The topological polar surface area (TPSA) is 23.5 Å². The smallest absolute Gasteiger partial charge is 0.0954 e. The molecule has 1 aromatic carbocycles. The molecule has 2 atom stereocenters. The van der Waals surface area contributed by atoms with E-state index in [-0.39, 0.29) is 5.92 Å². The molecule has 1 aliphatic carbocycles. The van der Waals surface area contributed by atoms with Crippen LogP contribution >= 0.6 is 11.3 Å². The SMILES string of the molecule is CC1c2ccccc2C(=C2CCN(C)CC2)c2ccsc2C1O. The lowest BCUT2D eigenvalue weighted by Crippen LogP contribution is -2.27. The van der Waals surface area contributed by atoms with Crippen molar-refractivity contribution in [2.45, 2.75) is 31.8 Å². The molecule has 2 nitrogen and oxygen atoms in total. The molecule has 1 N–H and O–H groups in total. The summed E-state index contributed by atoms with van der Waals surface area (Å²) in [5.41, 5.74) is 6.82. The van der Waals surface area contributed by atoms with Crippen LogP contribution in [-0.4, -0.2) is 30.1 Å². The van der Waals surface area contributed by atoms with Crippen molar-refractivity contribution in [2.24, 2.45) is 0 Å². The minimum absolute atomic E-state index is 0.132. The van der Waals surface area contributed by atoms with Crippen LogP contribution < -0.4 is 0 Å². The van der Waals surface area contributed by atoms with Crippen molar-refractivity contribution in [1.29, 1.82) is 0 Å². The third kappa shape index (κ3) is 2.47. The van der Waals surface area contributed by atoms with E-state index in [0.29, 0.717) is 0 Å². The maximum atomic E-state index is 10.9. The Hall–Kier alpha value is -1.42. The molecule has 2 aromatic rings. The van der Waals surface area contributed by atoms with Gasteiger partial charge in [0, 0.05) is 23.9 Å². The molecular formula is C20H23NOS. The second kappa shape index (κ2) is 5.90. The summed E-state index contributed by atoms with van der Waals surface area (Å²) in [4.78, 5) is 3.54. The van der Waals surface area contributed by atoms with E-state index in [2.05, 4.69) is 54.6 Å². The summed E-state index contributed by atoms with van der Waals surface area (Å²) in [5, 5.41) is 13.0. The second-order valence-electron chi connectivity index (χ2n) is 6.80. The first kappa shape index (κ1) is 15.1. The molecule has 0 bridgehead atoms. The van der Waals surface area contributed by atoms with E-state index in [0.717, 1.165) is 30.8 Å². The van der Waals surface area contributed by atoms with Crippen molar-refractivity contribution in [2.75, 3.05) is 20.1 Å². The summed E-state index contributed by atoms with van der Waals surface area (Å²) in [5.74, 6) is 0.132. The van der Waals surface area contributed by atoms with Gasteiger partial charge in [0.15, 0.2) is 0 Å². The highest BCUT2D eigenvalue weighted by molar-refractivity contribution is 7.10. The molecule has 23 heavy (non-hydrogen) atoms. The van der Waals surface area contributed by atoms with Gasteiger partial charge in [0.1, 0.15) is 0 Å². The number of likely N-dealkylation sites (tertiary alicyclic amines) is 1. The molecule has 3 heteroatoms. The van der Waals surface area contributed by atoms with Crippen molar-refractivity contribution in [3.8, 4) is 0 Å². The van der Waals surface area contributed by atoms with E-state index in [9.17, 15) is 5.11 Å². The van der Waals surface area contributed by atoms with Crippen molar-refractivity contribution in [1.82, 2.24) is 4.90 Å². The number of hydrogen-bond acceptors (Lipinski definition) is 3. The number of thiophene rings is 1. The maximum absolute atomic E-state index is 10.9. The van der Waals surface area contributed by atoms with Crippen molar-refractivity contribution < 1.29 is 5.11 Å². The third-order valence-corrected chi connectivity index (χ3v) is 6.36. The number of rotatable bonds is 0. The van der Waals surface area contributed by atoms with E-state index >= 15 is 0 Å². The number of hydrogen-bond donors (Lipinski definition) is 1. The lowest BCUT2D eigenvalue weighted by atomic mass is 9.86. The van der Waals surface area contributed by atoms with Gasteiger partial charge in [-0.05, 0) is 53.6 Å². The van der Waals surface area contributed by atoms with Gasteiger partial charge in [-0.15, -0.1) is 11.3 Å². The van der Waals surface area contributed by atoms with Crippen LogP contribution in [-0.2, 0) is 0 Å². The Bertz CT molecular complexity index is 751. The lowest BCUT2D eigenvalue weighted by Gasteiger charge is -2.27. The lowest BCUT2D eigenvalue weighted by molar-refractivity contribution is 0.156. The van der Waals surface area contributed by atoms with Crippen molar-refractivity contribution in [3.63, 3.8) is 0 Å². The Morgan fingerprint density at radius 2 is 1.83 bits per heavy atom. The summed E-state index contributed by atoms with van der Waals surface area (Å²) in [6.45, 7) is 4.40. The average molecular weight is 325 g/mol. The maximum Gasteiger partial charge on any atom is 0.0954 e. The van der Waals surface area contributed by atoms with Crippen LogP contribution in [0.25, 0.3) is 5.57 Å². The molecule has 0 amide bonds. The van der Waals surface area contributed by atoms with Crippen LogP contribution in [0.5, 0.6) is 0 Å². The number of nitrogens with zero attached hydrogens (tertiary/aromatic N) is 1. The van der Waals surface area contributed by atoms with E-state index in [1.54, 1.807) is 16.9 Å². The van der Waals surface area contributed by atoms with Crippen LogP contribution in [0.4, 0.5) is 0 Å². The van der Waals surface area contributed by atoms with Gasteiger partial charge >= 0.3 is 0 Å². The Morgan fingerprint density at radius 1 is 1.09 bits per heavy atom. The normalized spacial score (nSPS) is 25.0. The predicted octanol–water partition coefficient (Wildman–Crippen LogP) is 4.43. The molecule has 1 aliphatic heterocycles. The zero-order valence-electron chi connectivity index (χ0n) is 13.7. The van der Waals surface area contributed by atoms with Gasteiger partial charge in [0.05, 0.1) is 6.10 Å². The standard InChI is InChI=1S/C20H23NOS/c1-13-15-5-3-4-6-16(15)18(14-7-10-21(2)11-8-14)17-9-12-23-20(17)19(13)22/h3-6,9,12-13,19,22H,7-8,10-11H2,1-2H3. The molecule has 1 saturated heterocycles. The van der Waals surface area contributed by atoms with Crippen LogP contribution in [0.2, 0.25) is 0 Å². The van der Waals surface area contributed by atoms with E-state index in [1.807, 2.05) is 0 Å². The number of benzene rings is 1. The van der Waals surface area contributed by atoms with Gasteiger partial charge in [-0.1, -0.05) is 36.8 Å². The summed E-state index contributed by atoms with van der Waals surface area (Å²) in [6.07, 6.45) is 1.84. The van der Waals surface area contributed by atoms with Gasteiger partial charge in [-0.2, -0.15) is 0 Å². The molecule has 0 radical (unpaired) electrons.